The van der Waals surface area contributed by atoms with Gasteiger partial charge in [0.25, 0.3) is 5.91 Å². The number of ether oxygens (including phenoxy) is 1. The van der Waals surface area contributed by atoms with Gasteiger partial charge >= 0.3 is 0 Å². The van der Waals surface area contributed by atoms with Gasteiger partial charge < -0.3 is 20.3 Å². The first-order valence-electron chi connectivity index (χ1n) is 11.0. The summed E-state index contributed by atoms with van der Waals surface area (Å²) in [4.78, 5) is 19.9. The van der Waals surface area contributed by atoms with Crippen LogP contribution in [0.4, 0.5) is 5.69 Å². The Balaban J connectivity index is 1.60. The van der Waals surface area contributed by atoms with Crippen LogP contribution in [0.2, 0.25) is 5.02 Å². The van der Waals surface area contributed by atoms with E-state index in [1.54, 1.807) is 31.5 Å². The first kappa shape index (κ1) is 22.8. The van der Waals surface area contributed by atoms with E-state index in [0.717, 1.165) is 30.6 Å². The Hall–Kier alpha value is -3.34. The van der Waals surface area contributed by atoms with Gasteiger partial charge in [0, 0.05) is 31.2 Å². The zero-order chi connectivity index (χ0) is 23.2. The summed E-state index contributed by atoms with van der Waals surface area (Å²) in [5.74, 6) is 0.410. The molecule has 170 valence electrons. The van der Waals surface area contributed by atoms with Crippen molar-refractivity contribution >= 4 is 34.1 Å². The number of methoxy groups -OCH3 is 1. The minimum absolute atomic E-state index is 0.193. The van der Waals surface area contributed by atoms with E-state index in [2.05, 4.69) is 26.6 Å². The van der Waals surface area contributed by atoms with Gasteiger partial charge in [-0.15, -0.1) is 0 Å². The predicted octanol–water partition coefficient (Wildman–Crippen LogP) is 4.21. The molecule has 0 unspecified atom stereocenters. The Kier molecular flexibility index (Phi) is 7.28. The molecule has 1 aliphatic heterocycles. The number of halogens is 1. The minimum Gasteiger partial charge on any atom is -0.495 e. The number of benzene rings is 2. The molecule has 0 aliphatic carbocycles. The van der Waals surface area contributed by atoms with Gasteiger partial charge in [-0.25, -0.2) is 0 Å². The summed E-state index contributed by atoms with van der Waals surface area (Å²) in [5.41, 5.74) is 3.23. The zero-order valence-electron chi connectivity index (χ0n) is 18.5. The van der Waals surface area contributed by atoms with Crippen molar-refractivity contribution in [1.82, 2.24) is 15.2 Å². The summed E-state index contributed by atoms with van der Waals surface area (Å²) in [6.07, 6.45) is 4.02. The molecule has 8 heteroatoms. The van der Waals surface area contributed by atoms with Crippen molar-refractivity contribution in [3.8, 4) is 11.8 Å². The summed E-state index contributed by atoms with van der Waals surface area (Å²) in [6.45, 7) is 4.01. The van der Waals surface area contributed by atoms with Gasteiger partial charge in [-0.2, -0.15) is 5.26 Å². The third kappa shape index (κ3) is 5.36. The number of fused-ring (bicyclic) bond motifs is 1. The summed E-state index contributed by atoms with van der Waals surface area (Å²) >= 11 is 6.27. The first-order valence-corrected chi connectivity index (χ1v) is 11.4. The van der Waals surface area contributed by atoms with Crippen molar-refractivity contribution in [3.05, 3.63) is 64.3 Å². The van der Waals surface area contributed by atoms with Crippen molar-refractivity contribution in [2.75, 3.05) is 38.6 Å². The Bertz CT molecular complexity index is 1200. The SMILES string of the molecule is COc1ccc(CNc2c(C(=O)NCCN3CCCC3)cnc3ccc(C#N)cc23)cc1Cl. The van der Waals surface area contributed by atoms with Crippen molar-refractivity contribution < 1.29 is 9.53 Å². The number of amides is 1. The molecule has 2 N–H and O–H groups in total. The largest absolute Gasteiger partial charge is 0.495 e. The molecule has 2 heterocycles. The highest BCUT2D eigenvalue weighted by atomic mass is 35.5. The molecule has 0 bridgehead atoms. The van der Waals surface area contributed by atoms with Crippen LogP contribution in [0.3, 0.4) is 0 Å². The molecule has 2 aromatic carbocycles. The maximum absolute atomic E-state index is 13.1. The van der Waals surface area contributed by atoms with Crippen LogP contribution in [0.5, 0.6) is 5.75 Å². The Morgan fingerprint density at radius 2 is 2.06 bits per heavy atom. The highest BCUT2D eigenvalue weighted by Gasteiger charge is 2.17. The average molecular weight is 464 g/mol. The Morgan fingerprint density at radius 1 is 1.24 bits per heavy atom. The van der Waals surface area contributed by atoms with E-state index in [9.17, 15) is 10.1 Å². The molecular weight excluding hydrogens is 438 g/mol. The van der Waals surface area contributed by atoms with Crippen LogP contribution >= 0.6 is 11.6 Å². The smallest absolute Gasteiger partial charge is 0.255 e. The summed E-state index contributed by atoms with van der Waals surface area (Å²) in [6, 6.07) is 13.0. The quantitative estimate of drug-likeness (QED) is 0.520. The van der Waals surface area contributed by atoms with Crippen LogP contribution in [0.15, 0.2) is 42.6 Å². The molecule has 0 saturated carbocycles. The van der Waals surface area contributed by atoms with Gasteiger partial charge in [0.15, 0.2) is 0 Å². The maximum Gasteiger partial charge on any atom is 0.255 e. The second-order valence-electron chi connectivity index (χ2n) is 8.02. The van der Waals surface area contributed by atoms with Crippen LogP contribution in [0.1, 0.15) is 34.3 Å². The second kappa shape index (κ2) is 10.5. The Morgan fingerprint density at radius 3 is 2.79 bits per heavy atom. The van der Waals surface area contributed by atoms with E-state index in [1.807, 2.05) is 18.2 Å². The maximum atomic E-state index is 13.1. The van der Waals surface area contributed by atoms with Crippen LogP contribution in [-0.2, 0) is 6.54 Å². The lowest BCUT2D eigenvalue weighted by molar-refractivity contribution is 0.0950. The number of nitrogens with zero attached hydrogens (tertiary/aromatic N) is 3. The molecule has 1 amide bonds. The van der Waals surface area contributed by atoms with Crippen molar-refractivity contribution in [1.29, 1.82) is 5.26 Å². The number of anilines is 1. The molecule has 0 atom stereocenters. The normalized spacial score (nSPS) is 13.6. The van der Waals surface area contributed by atoms with Gasteiger partial charge in [-0.05, 0) is 61.8 Å². The number of carbonyl (C=O) groups excluding carboxylic acids is 1. The van der Waals surface area contributed by atoms with E-state index in [-0.39, 0.29) is 5.91 Å². The fraction of sp³-hybridized carbons (Fsp3) is 0.320. The fourth-order valence-corrected chi connectivity index (χ4v) is 4.34. The summed E-state index contributed by atoms with van der Waals surface area (Å²) < 4.78 is 5.22. The highest BCUT2D eigenvalue weighted by Crippen LogP contribution is 2.29. The number of rotatable bonds is 8. The van der Waals surface area contributed by atoms with Gasteiger partial charge in [-0.3, -0.25) is 9.78 Å². The molecule has 1 fully saturated rings. The molecule has 4 rings (SSSR count). The van der Waals surface area contributed by atoms with Gasteiger partial charge in [0.05, 0.1) is 40.5 Å². The van der Waals surface area contributed by atoms with Gasteiger partial charge in [-0.1, -0.05) is 17.7 Å². The molecular formula is C25H26ClN5O2. The topological polar surface area (TPSA) is 90.3 Å². The number of nitrogens with one attached hydrogen (secondary N) is 2. The monoisotopic (exact) mass is 463 g/mol. The lowest BCUT2D eigenvalue weighted by Gasteiger charge is -2.17. The van der Waals surface area contributed by atoms with Crippen LogP contribution in [-0.4, -0.2) is 49.1 Å². The molecule has 1 aliphatic rings. The number of carbonyl (C=O) groups is 1. The van der Waals surface area contributed by atoms with E-state index >= 15 is 0 Å². The average Bonchev–Trinajstić information content (AvgIpc) is 3.35. The van der Waals surface area contributed by atoms with Crippen molar-refractivity contribution in [2.24, 2.45) is 0 Å². The van der Waals surface area contributed by atoms with E-state index in [1.165, 1.54) is 12.8 Å². The molecule has 0 spiro atoms. The standard InChI is InChI=1S/C25H26ClN5O2/c1-33-23-7-5-18(13-21(23)26)15-30-24-19-12-17(14-27)4-6-22(19)29-16-20(24)25(32)28-8-11-31-9-2-3-10-31/h4-7,12-13,16H,2-3,8-11,15H2,1H3,(H,28,32)(H,29,30). The van der Waals surface area contributed by atoms with Crippen molar-refractivity contribution in [3.63, 3.8) is 0 Å². The number of pyridine rings is 1. The third-order valence-electron chi connectivity index (χ3n) is 5.84. The lowest BCUT2D eigenvalue weighted by Crippen LogP contribution is -2.33. The number of aromatic nitrogens is 1. The second-order valence-corrected chi connectivity index (χ2v) is 8.42. The van der Waals surface area contributed by atoms with Crippen LogP contribution < -0.4 is 15.4 Å². The molecule has 7 nitrogen and oxygen atoms in total. The van der Waals surface area contributed by atoms with E-state index in [0.29, 0.717) is 46.2 Å². The molecule has 0 radical (unpaired) electrons. The minimum atomic E-state index is -0.193. The summed E-state index contributed by atoms with van der Waals surface area (Å²) in [5, 5.41) is 17.0. The number of nitriles is 1. The van der Waals surface area contributed by atoms with Gasteiger partial charge in [0.2, 0.25) is 0 Å². The molecule has 33 heavy (non-hydrogen) atoms. The fourth-order valence-electron chi connectivity index (χ4n) is 4.06. The Labute approximate surface area is 198 Å². The summed E-state index contributed by atoms with van der Waals surface area (Å²) in [7, 11) is 1.57. The number of likely N-dealkylation sites (tertiary alicyclic amines) is 1. The lowest BCUT2D eigenvalue weighted by atomic mass is 10.1. The van der Waals surface area contributed by atoms with E-state index in [4.69, 9.17) is 16.3 Å². The predicted molar refractivity (Wildman–Crippen MR) is 130 cm³/mol. The third-order valence-corrected chi connectivity index (χ3v) is 6.13. The highest BCUT2D eigenvalue weighted by molar-refractivity contribution is 6.32. The van der Waals surface area contributed by atoms with Gasteiger partial charge in [0.1, 0.15) is 5.75 Å². The molecule has 1 aromatic heterocycles. The molecule has 3 aromatic rings. The zero-order valence-corrected chi connectivity index (χ0v) is 19.3. The van der Waals surface area contributed by atoms with Crippen LogP contribution in [0.25, 0.3) is 10.9 Å². The molecule has 1 saturated heterocycles. The van der Waals surface area contributed by atoms with E-state index < -0.39 is 0 Å². The number of hydrogen-bond donors (Lipinski definition) is 2. The first-order chi connectivity index (χ1) is 16.1. The van der Waals surface area contributed by atoms with Crippen LogP contribution in [0, 0.1) is 11.3 Å². The van der Waals surface area contributed by atoms with Crippen molar-refractivity contribution in [2.45, 2.75) is 19.4 Å². The number of hydrogen-bond acceptors (Lipinski definition) is 6.